The molecule has 0 saturated heterocycles. The Bertz CT molecular complexity index is 646. The topological polar surface area (TPSA) is 51.3 Å². The van der Waals surface area contributed by atoms with Gasteiger partial charge in [-0.15, -0.1) is 0 Å². The quantitative estimate of drug-likeness (QED) is 0.823. The fourth-order valence-electron chi connectivity index (χ4n) is 2.46. The fourth-order valence-corrected chi connectivity index (χ4v) is 2.46. The molecule has 108 valence electrons. The van der Waals surface area contributed by atoms with Gasteiger partial charge in [-0.2, -0.15) is 0 Å². The molecule has 4 heteroatoms. The van der Waals surface area contributed by atoms with E-state index in [1.54, 1.807) is 20.3 Å². The number of H-pyrrole nitrogens is 1. The Balaban J connectivity index is 2.58. The molecule has 0 saturated carbocycles. The molecule has 0 radical (unpaired) electrons. The third kappa shape index (κ3) is 2.95. The smallest absolute Gasteiger partial charge is 0.248 e. The van der Waals surface area contributed by atoms with E-state index in [1.807, 2.05) is 12.1 Å². The van der Waals surface area contributed by atoms with Crippen LogP contribution in [0.3, 0.4) is 0 Å². The number of pyridine rings is 1. The van der Waals surface area contributed by atoms with Crippen LogP contribution in [0.25, 0.3) is 10.9 Å². The number of rotatable bonds is 6. The van der Waals surface area contributed by atoms with Crippen LogP contribution < -0.4 is 15.0 Å². The summed E-state index contributed by atoms with van der Waals surface area (Å²) in [6.45, 7) is 2.17. The Labute approximate surface area is 118 Å². The van der Waals surface area contributed by atoms with Crippen molar-refractivity contribution in [3.8, 4) is 11.5 Å². The first-order valence-corrected chi connectivity index (χ1v) is 6.97. The summed E-state index contributed by atoms with van der Waals surface area (Å²) in [5.41, 5.74) is 1.72. The van der Waals surface area contributed by atoms with Crippen LogP contribution in [0.15, 0.2) is 23.0 Å². The van der Waals surface area contributed by atoms with Crippen LogP contribution in [0.4, 0.5) is 0 Å². The van der Waals surface area contributed by atoms with Gasteiger partial charge >= 0.3 is 0 Å². The lowest BCUT2D eigenvalue weighted by molar-refractivity contribution is 0.397. The van der Waals surface area contributed by atoms with E-state index < -0.39 is 0 Å². The van der Waals surface area contributed by atoms with Crippen LogP contribution in [0, 0.1) is 0 Å². The molecule has 0 bridgehead atoms. The Morgan fingerprint density at radius 2 is 1.90 bits per heavy atom. The van der Waals surface area contributed by atoms with E-state index in [-0.39, 0.29) is 5.56 Å². The maximum atomic E-state index is 11.8. The maximum absolute atomic E-state index is 11.8. The second-order valence-electron chi connectivity index (χ2n) is 4.87. The average molecular weight is 275 g/mol. The van der Waals surface area contributed by atoms with Crippen molar-refractivity contribution in [1.29, 1.82) is 0 Å². The van der Waals surface area contributed by atoms with E-state index in [0.717, 1.165) is 47.9 Å². The monoisotopic (exact) mass is 275 g/mol. The minimum absolute atomic E-state index is 0.0840. The van der Waals surface area contributed by atoms with E-state index in [9.17, 15) is 4.79 Å². The Kier molecular flexibility index (Phi) is 4.66. The predicted molar refractivity (Wildman–Crippen MR) is 80.9 cm³/mol. The van der Waals surface area contributed by atoms with Crippen molar-refractivity contribution in [2.45, 2.75) is 32.6 Å². The lowest BCUT2D eigenvalue weighted by Gasteiger charge is -2.12. The van der Waals surface area contributed by atoms with Crippen molar-refractivity contribution >= 4 is 10.9 Å². The number of hydrogen-bond donors (Lipinski definition) is 1. The standard InChI is InChI=1S/C16H21NO3/c1-4-5-6-7-11-8-15(18)17-13-9-12(19-2)10-14(20-3)16(11)13/h8-10H,4-7H2,1-3H3,(H,17,18). The van der Waals surface area contributed by atoms with Gasteiger partial charge in [0.2, 0.25) is 5.56 Å². The van der Waals surface area contributed by atoms with Crippen LogP contribution in [0.2, 0.25) is 0 Å². The molecule has 1 aromatic carbocycles. The molecule has 0 amide bonds. The minimum atomic E-state index is -0.0840. The molecule has 4 nitrogen and oxygen atoms in total. The van der Waals surface area contributed by atoms with Gasteiger partial charge in [0.25, 0.3) is 0 Å². The normalized spacial score (nSPS) is 10.8. The Morgan fingerprint density at radius 1 is 1.10 bits per heavy atom. The van der Waals surface area contributed by atoms with Gasteiger partial charge in [0, 0.05) is 23.6 Å². The summed E-state index contributed by atoms with van der Waals surface area (Å²) in [7, 11) is 3.24. The lowest BCUT2D eigenvalue weighted by Crippen LogP contribution is -2.07. The van der Waals surface area contributed by atoms with Crippen molar-refractivity contribution in [3.05, 3.63) is 34.1 Å². The summed E-state index contributed by atoms with van der Waals surface area (Å²) in [6.07, 6.45) is 4.28. The van der Waals surface area contributed by atoms with Crippen molar-refractivity contribution in [1.82, 2.24) is 4.98 Å². The summed E-state index contributed by atoms with van der Waals surface area (Å²) < 4.78 is 10.7. The SMILES string of the molecule is CCCCCc1cc(=O)[nH]c2cc(OC)cc(OC)c12. The number of unbranched alkanes of at least 4 members (excludes halogenated alkanes) is 2. The highest BCUT2D eigenvalue weighted by Crippen LogP contribution is 2.32. The molecule has 0 aliphatic carbocycles. The van der Waals surface area contributed by atoms with E-state index >= 15 is 0 Å². The largest absolute Gasteiger partial charge is 0.497 e. The zero-order valence-electron chi connectivity index (χ0n) is 12.3. The zero-order valence-corrected chi connectivity index (χ0v) is 12.3. The molecule has 2 rings (SSSR count). The molecule has 1 heterocycles. The highest BCUT2D eigenvalue weighted by molar-refractivity contribution is 5.89. The number of nitrogens with one attached hydrogen (secondary N) is 1. The number of aromatic nitrogens is 1. The molecular weight excluding hydrogens is 254 g/mol. The number of aromatic amines is 1. The molecule has 0 aliphatic heterocycles. The van der Waals surface area contributed by atoms with Crippen LogP contribution in [0.5, 0.6) is 11.5 Å². The summed E-state index contributed by atoms with van der Waals surface area (Å²) in [5, 5.41) is 0.976. The Morgan fingerprint density at radius 3 is 2.55 bits per heavy atom. The van der Waals surface area contributed by atoms with Gasteiger partial charge in [0.15, 0.2) is 0 Å². The summed E-state index contributed by atoms with van der Waals surface area (Å²) >= 11 is 0. The second-order valence-corrected chi connectivity index (χ2v) is 4.87. The van der Waals surface area contributed by atoms with Gasteiger partial charge in [0.05, 0.1) is 19.7 Å². The van der Waals surface area contributed by atoms with Gasteiger partial charge in [-0.1, -0.05) is 19.8 Å². The molecule has 0 atom stereocenters. The van der Waals surface area contributed by atoms with E-state index in [4.69, 9.17) is 9.47 Å². The van der Waals surface area contributed by atoms with E-state index in [2.05, 4.69) is 11.9 Å². The lowest BCUT2D eigenvalue weighted by atomic mass is 10.0. The van der Waals surface area contributed by atoms with Crippen molar-refractivity contribution in [2.75, 3.05) is 14.2 Å². The summed E-state index contributed by atoms with van der Waals surface area (Å²) in [5.74, 6) is 1.41. The molecule has 0 aliphatic rings. The third-order valence-corrected chi connectivity index (χ3v) is 3.47. The van der Waals surface area contributed by atoms with Gasteiger partial charge in [-0.3, -0.25) is 4.79 Å². The molecular formula is C16H21NO3. The summed E-state index contributed by atoms with van der Waals surface area (Å²) in [4.78, 5) is 14.7. The number of fused-ring (bicyclic) bond motifs is 1. The zero-order chi connectivity index (χ0) is 14.5. The van der Waals surface area contributed by atoms with Crippen LogP contribution in [-0.2, 0) is 6.42 Å². The van der Waals surface area contributed by atoms with Gasteiger partial charge < -0.3 is 14.5 Å². The van der Waals surface area contributed by atoms with Crippen molar-refractivity contribution < 1.29 is 9.47 Å². The molecule has 1 N–H and O–H groups in total. The van der Waals surface area contributed by atoms with E-state index in [0.29, 0.717) is 5.75 Å². The first-order chi connectivity index (χ1) is 9.69. The highest BCUT2D eigenvalue weighted by Gasteiger charge is 2.11. The first-order valence-electron chi connectivity index (χ1n) is 6.97. The maximum Gasteiger partial charge on any atom is 0.248 e. The third-order valence-electron chi connectivity index (χ3n) is 3.47. The average Bonchev–Trinajstić information content (AvgIpc) is 2.45. The van der Waals surface area contributed by atoms with Crippen LogP contribution in [-0.4, -0.2) is 19.2 Å². The number of hydrogen-bond acceptors (Lipinski definition) is 3. The molecule has 0 fully saturated rings. The molecule has 2 aromatic rings. The van der Waals surface area contributed by atoms with Gasteiger partial charge in [-0.05, 0) is 18.4 Å². The Hall–Kier alpha value is -1.97. The fraction of sp³-hybridized carbons (Fsp3) is 0.438. The van der Waals surface area contributed by atoms with Crippen LogP contribution >= 0.6 is 0 Å². The molecule has 20 heavy (non-hydrogen) atoms. The van der Waals surface area contributed by atoms with E-state index in [1.165, 1.54) is 0 Å². The minimum Gasteiger partial charge on any atom is -0.497 e. The molecule has 0 spiro atoms. The first kappa shape index (κ1) is 14.4. The summed E-state index contributed by atoms with van der Waals surface area (Å²) in [6, 6.07) is 5.36. The molecule has 0 unspecified atom stereocenters. The van der Waals surface area contributed by atoms with Gasteiger partial charge in [0.1, 0.15) is 11.5 Å². The molecule has 1 aromatic heterocycles. The van der Waals surface area contributed by atoms with Crippen molar-refractivity contribution in [2.24, 2.45) is 0 Å². The number of methoxy groups -OCH3 is 2. The van der Waals surface area contributed by atoms with Crippen LogP contribution in [0.1, 0.15) is 31.7 Å². The number of aryl methyl sites for hydroxylation is 1. The highest BCUT2D eigenvalue weighted by atomic mass is 16.5. The second kappa shape index (κ2) is 6.46. The predicted octanol–water partition coefficient (Wildman–Crippen LogP) is 3.28. The van der Waals surface area contributed by atoms with Gasteiger partial charge in [-0.25, -0.2) is 0 Å². The number of ether oxygens (including phenoxy) is 2. The van der Waals surface area contributed by atoms with Crippen molar-refractivity contribution in [3.63, 3.8) is 0 Å². The number of benzene rings is 1.